The van der Waals surface area contributed by atoms with Crippen LogP contribution in [0.2, 0.25) is 0 Å². The van der Waals surface area contributed by atoms with E-state index in [0.717, 1.165) is 36.9 Å². The molecule has 0 amide bonds. The quantitative estimate of drug-likeness (QED) is 0.651. The van der Waals surface area contributed by atoms with E-state index < -0.39 is 0 Å². The highest BCUT2D eigenvalue weighted by Gasteiger charge is 2.16. The van der Waals surface area contributed by atoms with Gasteiger partial charge in [-0.2, -0.15) is 4.68 Å². The number of benzene rings is 2. The highest BCUT2D eigenvalue weighted by molar-refractivity contribution is 7.71. The highest BCUT2D eigenvalue weighted by Crippen LogP contribution is 2.27. The van der Waals surface area contributed by atoms with Gasteiger partial charge >= 0.3 is 0 Å². The Kier molecular flexibility index (Phi) is 5.85. The van der Waals surface area contributed by atoms with Crippen molar-refractivity contribution in [1.29, 1.82) is 0 Å². The van der Waals surface area contributed by atoms with Crippen molar-refractivity contribution in [2.45, 2.75) is 20.1 Å². The summed E-state index contributed by atoms with van der Waals surface area (Å²) in [4.78, 5) is 1.40. The predicted molar refractivity (Wildman–Crippen MR) is 106 cm³/mol. The maximum Gasteiger partial charge on any atom is 0.202 e. The molecule has 0 saturated carbocycles. The van der Waals surface area contributed by atoms with Gasteiger partial charge in [-0.3, -0.25) is 0 Å². The summed E-state index contributed by atoms with van der Waals surface area (Å²) in [6.45, 7) is 4.86. The van der Waals surface area contributed by atoms with Crippen LogP contribution in [0.1, 0.15) is 12.5 Å². The van der Waals surface area contributed by atoms with E-state index in [0.29, 0.717) is 4.77 Å². The maximum absolute atomic E-state index is 5.63. The van der Waals surface area contributed by atoms with Crippen molar-refractivity contribution < 1.29 is 9.64 Å². The van der Waals surface area contributed by atoms with E-state index >= 15 is 0 Å². The molecule has 0 bridgehead atoms. The van der Waals surface area contributed by atoms with Crippen LogP contribution >= 0.6 is 12.2 Å². The molecule has 0 aliphatic rings. The predicted octanol–water partition coefficient (Wildman–Crippen LogP) is 2.69. The van der Waals surface area contributed by atoms with Gasteiger partial charge in [-0.05, 0) is 31.3 Å². The molecule has 26 heavy (non-hydrogen) atoms. The van der Waals surface area contributed by atoms with Crippen molar-refractivity contribution in [2.24, 2.45) is 7.05 Å². The third kappa shape index (κ3) is 3.86. The molecule has 3 rings (SSSR count). The number of para-hydroxylation sites is 1. The lowest BCUT2D eigenvalue weighted by molar-refractivity contribution is -0.935. The van der Waals surface area contributed by atoms with Gasteiger partial charge < -0.3 is 14.2 Å². The van der Waals surface area contributed by atoms with Crippen LogP contribution in [0.25, 0.3) is 11.4 Å². The summed E-state index contributed by atoms with van der Waals surface area (Å²) < 4.78 is 10.1. The number of rotatable bonds is 7. The summed E-state index contributed by atoms with van der Waals surface area (Å²) in [5.41, 5.74) is 2.26. The molecule has 0 aliphatic heterocycles. The van der Waals surface area contributed by atoms with Crippen molar-refractivity contribution in [2.75, 3.05) is 13.7 Å². The number of quaternary nitrogens is 1. The fraction of sp³-hybridized carbons (Fsp3) is 0.300. The van der Waals surface area contributed by atoms with E-state index in [4.69, 9.17) is 22.1 Å². The second-order valence-corrected chi connectivity index (χ2v) is 6.65. The molecule has 3 aromatic rings. The van der Waals surface area contributed by atoms with Crippen LogP contribution in [0, 0.1) is 4.77 Å². The molecular weight excluding hydrogens is 344 g/mol. The van der Waals surface area contributed by atoms with Crippen molar-refractivity contribution in [3.05, 3.63) is 64.9 Å². The molecule has 1 N–H and O–H groups in total. The van der Waals surface area contributed by atoms with Gasteiger partial charge in [-0.15, -0.1) is 5.10 Å². The first-order chi connectivity index (χ1) is 12.6. The average Bonchev–Trinajstić information content (AvgIpc) is 2.96. The van der Waals surface area contributed by atoms with Crippen molar-refractivity contribution in [1.82, 2.24) is 14.3 Å². The van der Waals surface area contributed by atoms with Gasteiger partial charge in [0.15, 0.2) is 12.5 Å². The Morgan fingerprint density at radius 2 is 1.77 bits per heavy atom. The number of methoxy groups -OCH3 is 1. The molecule has 1 atom stereocenters. The van der Waals surface area contributed by atoms with Crippen LogP contribution in [-0.4, -0.2) is 28.0 Å². The third-order valence-electron chi connectivity index (χ3n) is 4.56. The minimum absolute atomic E-state index is 0.713. The van der Waals surface area contributed by atoms with Crippen LogP contribution in [-0.2, 0) is 20.3 Å². The van der Waals surface area contributed by atoms with Crippen LogP contribution in [0.5, 0.6) is 5.75 Å². The summed E-state index contributed by atoms with van der Waals surface area (Å²) in [5, 5.41) is 4.79. The van der Waals surface area contributed by atoms with Crippen molar-refractivity contribution in [3.8, 4) is 17.1 Å². The van der Waals surface area contributed by atoms with Crippen LogP contribution < -0.4 is 9.64 Å². The first-order valence-electron chi connectivity index (χ1n) is 8.78. The van der Waals surface area contributed by atoms with E-state index in [2.05, 4.69) is 31.2 Å². The zero-order valence-corrected chi connectivity index (χ0v) is 16.3. The van der Waals surface area contributed by atoms with E-state index in [1.807, 2.05) is 46.6 Å². The summed E-state index contributed by atoms with van der Waals surface area (Å²) in [6.07, 6.45) is 0. The topological polar surface area (TPSA) is 36.4 Å². The lowest BCUT2D eigenvalue weighted by atomic mass is 10.2. The van der Waals surface area contributed by atoms with E-state index in [9.17, 15) is 0 Å². The Bertz CT molecular complexity index is 917. The second kappa shape index (κ2) is 8.29. The number of aromatic nitrogens is 3. The molecule has 136 valence electrons. The zero-order valence-electron chi connectivity index (χ0n) is 15.5. The van der Waals surface area contributed by atoms with Crippen LogP contribution in [0.3, 0.4) is 0 Å². The monoisotopic (exact) mass is 369 g/mol. The molecule has 6 heteroatoms. The molecule has 1 unspecified atom stereocenters. The molecular formula is C20H25N4OS+. The maximum atomic E-state index is 5.63. The number of hydrogen-bond donors (Lipinski definition) is 1. The summed E-state index contributed by atoms with van der Waals surface area (Å²) in [7, 11) is 3.63. The highest BCUT2D eigenvalue weighted by atomic mass is 32.1. The number of hydrogen-bond acceptors (Lipinski definition) is 3. The molecule has 2 aromatic carbocycles. The SMILES string of the molecule is CC[NH+](Cc1ccccc1)Cn1nc(-c2ccccc2OC)n(C)c1=S. The second-order valence-electron chi connectivity index (χ2n) is 6.29. The molecule has 1 aromatic heterocycles. The first kappa shape index (κ1) is 18.4. The normalized spacial score (nSPS) is 12.1. The molecule has 5 nitrogen and oxygen atoms in total. The van der Waals surface area contributed by atoms with Gasteiger partial charge in [0, 0.05) is 12.6 Å². The number of ether oxygens (including phenoxy) is 1. The Labute approximate surface area is 159 Å². The van der Waals surface area contributed by atoms with Crippen molar-refractivity contribution >= 4 is 12.2 Å². The minimum atomic E-state index is 0.713. The van der Waals surface area contributed by atoms with Gasteiger partial charge in [-0.1, -0.05) is 42.5 Å². The largest absolute Gasteiger partial charge is 0.496 e. The molecule has 1 heterocycles. The van der Waals surface area contributed by atoms with Gasteiger partial charge in [-0.25, -0.2) is 0 Å². The summed E-state index contributed by atoms with van der Waals surface area (Å²) in [5.74, 6) is 1.62. The average molecular weight is 370 g/mol. The number of nitrogens with zero attached hydrogens (tertiary/aromatic N) is 3. The molecule has 0 saturated heterocycles. The smallest absolute Gasteiger partial charge is 0.202 e. The first-order valence-corrected chi connectivity index (χ1v) is 9.19. The Morgan fingerprint density at radius 3 is 2.46 bits per heavy atom. The summed E-state index contributed by atoms with van der Waals surface area (Å²) in [6, 6.07) is 18.4. The fourth-order valence-electron chi connectivity index (χ4n) is 3.04. The lowest BCUT2D eigenvalue weighted by Gasteiger charge is -2.17. The molecule has 0 aliphatic carbocycles. The lowest BCUT2D eigenvalue weighted by Crippen LogP contribution is -3.09. The van der Waals surface area contributed by atoms with Crippen LogP contribution in [0.15, 0.2) is 54.6 Å². The Morgan fingerprint density at radius 1 is 1.08 bits per heavy atom. The van der Waals surface area contributed by atoms with E-state index in [1.54, 1.807) is 7.11 Å². The molecule has 0 radical (unpaired) electrons. The molecule has 0 fully saturated rings. The van der Waals surface area contributed by atoms with Gasteiger partial charge in [0.05, 0.1) is 19.2 Å². The van der Waals surface area contributed by atoms with E-state index in [-0.39, 0.29) is 0 Å². The van der Waals surface area contributed by atoms with Crippen LogP contribution in [0.4, 0.5) is 0 Å². The van der Waals surface area contributed by atoms with Gasteiger partial charge in [0.2, 0.25) is 4.77 Å². The minimum Gasteiger partial charge on any atom is -0.496 e. The van der Waals surface area contributed by atoms with Crippen molar-refractivity contribution in [3.63, 3.8) is 0 Å². The van der Waals surface area contributed by atoms with E-state index in [1.165, 1.54) is 10.5 Å². The molecule has 0 spiro atoms. The van der Waals surface area contributed by atoms with Gasteiger partial charge in [0.1, 0.15) is 12.3 Å². The number of nitrogens with one attached hydrogen (secondary N) is 1. The standard InChI is InChI=1S/C20H24N4OS/c1-4-23(14-16-10-6-5-7-11-16)15-24-20(26)22(2)19(21-24)17-12-8-9-13-18(17)25-3/h5-13H,4,14-15H2,1-3H3/p+1. The zero-order chi connectivity index (χ0) is 18.5. The Balaban J connectivity index is 1.88. The Hall–Kier alpha value is -2.44. The summed E-state index contributed by atoms with van der Waals surface area (Å²) >= 11 is 5.63. The fourth-order valence-corrected chi connectivity index (χ4v) is 3.24. The van der Waals surface area contributed by atoms with Gasteiger partial charge in [0.25, 0.3) is 0 Å². The third-order valence-corrected chi connectivity index (χ3v) is 5.04.